The number of aromatic nitrogens is 3. The first-order valence-electron chi connectivity index (χ1n) is 24.4. The number of fused-ring (bicyclic) bond motifs is 1. The first-order valence-corrected chi connectivity index (χ1v) is 24.4. The number of aliphatic imine (C=N–C) groups is 1. The highest BCUT2D eigenvalue weighted by Gasteiger charge is 2.35. The van der Waals surface area contributed by atoms with E-state index in [1.165, 1.54) is 19.4 Å². The lowest BCUT2D eigenvalue weighted by molar-refractivity contribution is -0.136. The van der Waals surface area contributed by atoms with Crippen molar-refractivity contribution in [2.75, 3.05) is 13.1 Å². The minimum Gasteiger partial charge on any atom is -0.370 e. The Labute approximate surface area is 431 Å². The maximum absolute atomic E-state index is 14.6. The lowest BCUT2D eigenvalue weighted by Crippen LogP contribution is -2.61. The molecule has 402 valence electrons. The minimum absolute atomic E-state index is 0.000476. The number of carbonyl (C=O) groups excluding carboxylic acids is 10. The van der Waals surface area contributed by atoms with Gasteiger partial charge in [-0.25, -0.2) is 4.98 Å². The number of hydrogen-bond acceptors (Lipinski definition) is 12. The summed E-state index contributed by atoms with van der Waals surface area (Å²) in [6, 6.07) is 5.69. The van der Waals surface area contributed by atoms with Crippen LogP contribution in [0.15, 0.2) is 78.3 Å². The summed E-state index contributed by atoms with van der Waals surface area (Å²) >= 11 is 0. The number of nitrogens with two attached hydrogens (primary N) is 4. The number of nitrogens with zero attached hydrogens (tertiary/aromatic N) is 2. The quantitative estimate of drug-likeness (QED) is 0.0282. The number of rotatable bonds is 17. The summed E-state index contributed by atoms with van der Waals surface area (Å²) in [6.45, 7) is 1.29. The molecule has 26 heteroatoms. The maximum atomic E-state index is 14.6. The largest absolute Gasteiger partial charge is 0.370 e. The molecule has 7 atom stereocenters. The van der Waals surface area contributed by atoms with Crippen molar-refractivity contribution in [1.29, 1.82) is 0 Å². The van der Waals surface area contributed by atoms with E-state index >= 15 is 0 Å². The van der Waals surface area contributed by atoms with Crippen LogP contribution < -0.4 is 65.5 Å². The molecule has 18 N–H and O–H groups in total. The van der Waals surface area contributed by atoms with Gasteiger partial charge >= 0.3 is 0 Å². The molecule has 26 nitrogen and oxygen atoms in total. The molecule has 75 heavy (non-hydrogen) atoms. The van der Waals surface area contributed by atoms with E-state index < -0.39 is 114 Å². The molecule has 0 bridgehead atoms. The summed E-state index contributed by atoms with van der Waals surface area (Å²) in [5.74, 6) is -8.60. The number of primary amides is 2. The number of H-pyrrole nitrogens is 2. The highest BCUT2D eigenvalue weighted by Crippen LogP contribution is 2.20. The van der Waals surface area contributed by atoms with Crippen molar-refractivity contribution in [3.8, 4) is 0 Å². The predicted octanol–water partition coefficient (Wildman–Crippen LogP) is -3.17. The summed E-state index contributed by atoms with van der Waals surface area (Å²) in [5.41, 5.74) is 24.4. The lowest BCUT2D eigenvalue weighted by Gasteiger charge is -2.28. The topological polar surface area (TPSA) is 428 Å². The Balaban J connectivity index is 1.54. The van der Waals surface area contributed by atoms with Crippen LogP contribution in [0.2, 0.25) is 0 Å². The molecule has 2 aromatic heterocycles. The molecule has 0 aliphatic carbocycles. The molecule has 0 spiro atoms. The molecule has 3 heterocycles. The highest BCUT2D eigenvalue weighted by atomic mass is 16.2. The summed E-state index contributed by atoms with van der Waals surface area (Å²) in [6.07, 6.45) is 3.16. The fourth-order valence-electron chi connectivity index (χ4n) is 8.27. The third-order valence-electron chi connectivity index (χ3n) is 12.1. The van der Waals surface area contributed by atoms with Gasteiger partial charge in [-0.15, -0.1) is 0 Å². The van der Waals surface area contributed by atoms with Crippen LogP contribution in [-0.4, -0.2) is 135 Å². The Morgan fingerprint density at radius 3 is 2.05 bits per heavy atom. The number of aromatic amines is 2. The van der Waals surface area contributed by atoms with Crippen molar-refractivity contribution >= 4 is 75.9 Å². The SMILES string of the molecule is CC(=O)NC(CCCN=C(N)N)C(=O)NC1CC(=O)NCCCCC(C(N)=O)NC(=O)C(Cc2c[nH]c3ccccc23)NC(=O)C(CCC(N)=O)NC(=O)C(Cc2ccccc2)NC(=O)C(Cc2cnc[nH]2)NC1=O. The molecule has 4 aromatic rings. The zero-order valence-corrected chi connectivity index (χ0v) is 41.4. The number of carbonyl (C=O) groups is 10. The fourth-order valence-corrected chi connectivity index (χ4v) is 8.27. The van der Waals surface area contributed by atoms with E-state index in [4.69, 9.17) is 22.9 Å². The van der Waals surface area contributed by atoms with Gasteiger partial charge in [-0.1, -0.05) is 48.5 Å². The third kappa shape index (κ3) is 18.6. The molecule has 0 radical (unpaired) electrons. The van der Waals surface area contributed by atoms with E-state index in [1.807, 2.05) is 18.2 Å². The number of hydrogen-bond donors (Lipinski definition) is 14. The van der Waals surface area contributed by atoms with Gasteiger partial charge in [0.1, 0.15) is 42.3 Å². The van der Waals surface area contributed by atoms with Gasteiger partial charge < -0.3 is 75.4 Å². The maximum Gasteiger partial charge on any atom is 0.243 e. The first kappa shape index (κ1) is 57.1. The Morgan fingerprint density at radius 1 is 0.747 bits per heavy atom. The third-order valence-corrected chi connectivity index (χ3v) is 12.1. The van der Waals surface area contributed by atoms with Crippen molar-refractivity contribution in [2.24, 2.45) is 27.9 Å². The first-order chi connectivity index (χ1) is 35.9. The summed E-state index contributed by atoms with van der Waals surface area (Å²) in [5, 5.41) is 21.7. The smallest absolute Gasteiger partial charge is 0.243 e. The highest BCUT2D eigenvalue weighted by molar-refractivity contribution is 5.99. The molecular formula is C49H66N16O10. The van der Waals surface area contributed by atoms with Crippen LogP contribution in [0.1, 0.15) is 75.1 Å². The van der Waals surface area contributed by atoms with Gasteiger partial charge in [0.15, 0.2) is 5.96 Å². The van der Waals surface area contributed by atoms with E-state index in [1.54, 1.807) is 42.6 Å². The molecule has 10 amide bonds. The zero-order valence-electron chi connectivity index (χ0n) is 41.4. The fraction of sp³-hybridized carbons (Fsp3) is 0.429. The molecular weight excluding hydrogens is 973 g/mol. The van der Waals surface area contributed by atoms with E-state index in [0.29, 0.717) is 16.8 Å². The lowest BCUT2D eigenvalue weighted by atomic mass is 10.0. The summed E-state index contributed by atoms with van der Waals surface area (Å²) in [4.78, 5) is 151. The Kier molecular flexibility index (Phi) is 21.6. The number of para-hydroxylation sites is 1. The van der Waals surface area contributed by atoms with Crippen LogP contribution in [0.5, 0.6) is 0 Å². The van der Waals surface area contributed by atoms with Crippen LogP contribution >= 0.6 is 0 Å². The van der Waals surface area contributed by atoms with Crippen molar-refractivity contribution in [3.63, 3.8) is 0 Å². The van der Waals surface area contributed by atoms with Gasteiger partial charge in [0, 0.05) is 74.7 Å². The molecule has 5 rings (SSSR count). The molecule has 1 aliphatic heterocycles. The van der Waals surface area contributed by atoms with Crippen molar-refractivity contribution in [1.82, 2.24) is 57.5 Å². The van der Waals surface area contributed by atoms with Gasteiger partial charge in [-0.3, -0.25) is 52.9 Å². The van der Waals surface area contributed by atoms with E-state index in [-0.39, 0.29) is 76.8 Å². The number of amides is 10. The van der Waals surface area contributed by atoms with Crippen molar-refractivity contribution < 1.29 is 47.9 Å². The molecule has 0 saturated carbocycles. The van der Waals surface area contributed by atoms with Gasteiger partial charge in [0.2, 0.25) is 59.1 Å². The van der Waals surface area contributed by atoms with Crippen LogP contribution in [0, 0.1) is 0 Å². The van der Waals surface area contributed by atoms with Gasteiger partial charge in [-0.05, 0) is 55.7 Å². The van der Waals surface area contributed by atoms with Gasteiger partial charge in [0.25, 0.3) is 0 Å². The van der Waals surface area contributed by atoms with Gasteiger partial charge in [-0.2, -0.15) is 0 Å². The second-order valence-electron chi connectivity index (χ2n) is 18.1. The average molecular weight is 1040 g/mol. The minimum atomic E-state index is -1.66. The predicted molar refractivity (Wildman–Crippen MR) is 273 cm³/mol. The Bertz CT molecular complexity index is 2670. The average Bonchev–Trinajstić information content (AvgIpc) is 4.04. The van der Waals surface area contributed by atoms with E-state index in [0.717, 1.165) is 10.9 Å². The summed E-state index contributed by atoms with van der Waals surface area (Å²) < 4.78 is 0. The van der Waals surface area contributed by atoms with Crippen LogP contribution in [0.25, 0.3) is 10.9 Å². The number of imidazole rings is 1. The molecule has 1 saturated heterocycles. The number of nitrogens with one attached hydrogen (secondary N) is 10. The monoisotopic (exact) mass is 1040 g/mol. The Hall–Kier alpha value is -8.84. The second kappa shape index (κ2) is 28.4. The number of guanidine groups is 1. The molecule has 1 fully saturated rings. The standard InChI is InChI=1S/C49H66N16O10/c1-27(66)59-34(15-9-19-56-49(52)53)43(70)65-39-23-41(68)55-18-8-7-14-33(42(51)69)60-46(73)37(21-29-24-57-32-13-6-5-12-31(29)32)63-44(71)35(16-17-40(50)67)61-45(72)36(20-28-10-3-2-4-11-28)62-47(74)38(64-48(39)75)22-30-25-54-26-58-30/h2-6,10-13,24-26,33-39,57H,7-9,14-23H2,1H3,(H2,50,67)(H2,51,69)(H,54,58)(H,55,68)(H,59,66)(H,60,73)(H,61,72)(H,62,74)(H,63,71)(H,64,75)(H,65,70)(H4,52,53,56). The Morgan fingerprint density at radius 2 is 1.39 bits per heavy atom. The van der Waals surface area contributed by atoms with Crippen LogP contribution in [-0.2, 0) is 67.2 Å². The van der Waals surface area contributed by atoms with Crippen LogP contribution in [0.3, 0.4) is 0 Å². The second-order valence-corrected chi connectivity index (χ2v) is 18.1. The van der Waals surface area contributed by atoms with E-state index in [2.05, 4.69) is 62.5 Å². The normalized spacial score (nSPS) is 21.1. The van der Waals surface area contributed by atoms with Crippen LogP contribution in [0.4, 0.5) is 0 Å². The van der Waals surface area contributed by atoms with Crippen molar-refractivity contribution in [2.45, 2.75) is 120 Å². The van der Waals surface area contributed by atoms with Gasteiger partial charge in [0.05, 0.1) is 12.7 Å². The van der Waals surface area contributed by atoms with Crippen molar-refractivity contribution in [3.05, 3.63) is 90.1 Å². The molecule has 1 aliphatic rings. The van der Waals surface area contributed by atoms with E-state index in [9.17, 15) is 47.9 Å². The zero-order chi connectivity index (χ0) is 54.4. The summed E-state index contributed by atoms with van der Waals surface area (Å²) in [7, 11) is 0. The number of benzene rings is 2. The molecule has 7 unspecified atom stereocenters. The molecule has 2 aromatic carbocycles.